The molecule has 0 radical (unpaired) electrons. The molecule has 4 heteroatoms. The van der Waals surface area contributed by atoms with Crippen LogP contribution >= 0.6 is 11.3 Å². The number of hydrogen-bond acceptors (Lipinski definition) is 3. The second-order valence-electron chi connectivity index (χ2n) is 2.72. The van der Waals surface area contributed by atoms with E-state index in [1.807, 2.05) is 26.2 Å². The predicted octanol–water partition coefficient (Wildman–Crippen LogP) is 2.76. The quantitative estimate of drug-likeness (QED) is 0.861. The van der Waals surface area contributed by atoms with Gasteiger partial charge in [0.1, 0.15) is 5.01 Å². The van der Waals surface area contributed by atoms with Crippen molar-refractivity contribution in [1.29, 1.82) is 0 Å². The number of aromatic nitrogens is 1. The minimum atomic E-state index is 0.0771. The van der Waals surface area contributed by atoms with Crippen LogP contribution in [0.3, 0.4) is 0 Å². The lowest BCUT2D eigenvalue weighted by molar-refractivity contribution is -0.120. The van der Waals surface area contributed by atoms with Crippen molar-refractivity contribution in [3.63, 3.8) is 0 Å². The molecule has 86 valence electrons. The molecule has 1 aromatic heterocycles. The largest absolute Gasteiger partial charge is 0.350 e. The Hall–Kier alpha value is -0.900. The molecule has 0 bridgehead atoms. The summed E-state index contributed by atoms with van der Waals surface area (Å²) in [4.78, 5) is 15.3. The van der Waals surface area contributed by atoms with Gasteiger partial charge in [0, 0.05) is 11.8 Å². The van der Waals surface area contributed by atoms with Gasteiger partial charge in [-0.1, -0.05) is 27.7 Å². The average molecular weight is 228 g/mol. The van der Waals surface area contributed by atoms with E-state index in [4.69, 9.17) is 0 Å². The first kappa shape index (κ1) is 14.1. The Morgan fingerprint density at radius 3 is 2.60 bits per heavy atom. The number of hydrogen-bond donors (Lipinski definition) is 1. The molecule has 1 amide bonds. The van der Waals surface area contributed by atoms with Gasteiger partial charge in [-0.15, -0.1) is 11.3 Å². The molecule has 1 aromatic rings. The lowest BCUT2D eigenvalue weighted by Gasteiger charge is -1.98. The second kappa shape index (κ2) is 8.41. The number of aryl methyl sites for hydroxylation is 1. The third-order valence-electron chi connectivity index (χ3n) is 1.72. The maximum absolute atomic E-state index is 10.9. The number of amides is 1. The molecule has 0 unspecified atom stereocenters. The van der Waals surface area contributed by atoms with Gasteiger partial charge in [0.15, 0.2) is 0 Å². The van der Waals surface area contributed by atoms with Gasteiger partial charge in [-0.2, -0.15) is 0 Å². The predicted molar refractivity (Wildman–Crippen MR) is 65.0 cm³/mol. The van der Waals surface area contributed by atoms with Gasteiger partial charge >= 0.3 is 0 Å². The molecule has 0 aliphatic carbocycles. The van der Waals surface area contributed by atoms with E-state index < -0.39 is 0 Å². The molecule has 0 aromatic carbocycles. The highest BCUT2D eigenvalue weighted by Crippen LogP contribution is 2.09. The Balaban J connectivity index is 0.000000921. The Bertz CT molecular complexity index is 284. The van der Waals surface area contributed by atoms with Crippen LogP contribution in [0.1, 0.15) is 44.8 Å². The topological polar surface area (TPSA) is 42.0 Å². The lowest BCUT2D eigenvalue weighted by atomic mass is 10.4. The van der Waals surface area contributed by atoms with Crippen LogP contribution in [0.25, 0.3) is 0 Å². The van der Waals surface area contributed by atoms with Gasteiger partial charge in [0.2, 0.25) is 5.91 Å². The highest BCUT2D eigenvalue weighted by Gasteiger charge is 2.01. The molecular formula is C11H20N2OS. The normalized spacial score (nSPS) is 9.07. The zero-order valence-electron chi connectivity index (χ0n) is 9.96. The van der Waals surface area contributed by atoms with Gasteiger partial charge in [-0.25, -0.2) is 4.98 Å². The highest BCUT2D eigenvalue weighted by atomic mass is 32.1. The van der Waals surface area contributed by atoms with Crippen molar-refractivity contribution < 1.29 is 4.79 Å². The number of rotatable bonds is 4. The molecular weight excluding hydrogens is 208 g/mol. The van der Waals surface area contributed by atoms with Crippen LogP contribution in [0.15, 0.2) is 5.38 Å². The highest BCUT2D eigenvalue weighted by molar-refractivity contribution is 7.09. The summed E-state index contributed by atoms with van der Waals surface area (Å²) in [5.74, 6) is 0.0771. The zero-order chi connectivity index (χ0) is 11.7. The fraction of sp³-hybridized carbons (Fsp3) is 0.636. The van der Waals surface area contributed by atoms with E-state index in [1.165, 1.54) is 0 Å². The molecule has 0 fully saturated rings. The fourth-order valence-electron chi connectivity index (χ4n) is 0.892. The number of nitrogens with one attached hydrogen (secondary N) is 1. The molecule has 1 heterocycles. The Labute approximate surface area is 95.9 Å². The molecule has 0 aliphatic rings. The first-order valence-electron chi connectivity index (χ1n) is 5.46. The van der Waals surface area contributed by atoms with Crippen molar-refractivity contribution in [1.82, 2.24) is 10.3 Å². The smallest absolute Gasteiger partial charge is 0.220 e. The van der Waals surface area contributed by atoms with Gasteiger partial charge in [-0.3, -0.25) is 4.79 Å². The van der Waals surface area contributed by atoms with Gasteiger partial charge in [0.05, 0.1) is 12.2 Å². The summed E-state index contributed by atoms with van der Waals surface area (Å²) >= 11 is 1.60. The van der Waals surface area contributed by atoms with Crippen LogP contribution in [-0.2, 0) is 17.8 Å². The molecule has 0 saturated carbocycles. The second-order valence-corrected chi connectivity index (χ2v) is 3.66. The number of thiazole rings is 1. The summed E-state index contributed by atoms with van der Waals surface area (Å²) in [5.41, 5.74) is 1.10. The molecule has 0 saturated heterocycles. The summed E-state index contributed by atoms with van der Waals surface area (Å²) in [6, 6.07) is 0. The van der Waals surface area contributed by atoms with Crippen molar-refractivity contribution in [2.75, 3.05) is 0 Å². The fourth-order valence-corrected chi connectivity index (χ4v) is 1.71. The zero-order valence-corrected chi connectivity index (χ0v) is 10.8. The Kier molecular flexibility index (Phi) is 7.91. The van der Waals surface area contributed by atoms with Crippen molar-refractivity contribution in [3.8, 4) is 0 Å². The molecule has 15 heavy (non-hydrogen) atoms. The molecule has 0 aliphatic heterocycles. The summed E-state index contributed by atoms with van der Waals surface area (Å²) in [6.45, 7) is 8.48. The first-order valence-corrected chi connectivity index (χ1v) is 6.34. The third kappa shape index (κ3) is 5.52. The Morgan fingerprint density at radius 2 is 2.13 bits per heavy atom. The first-order chi connectivity index (χ1) is 7.26. The van der Waals surface area contributed by atoms with Crippen LogP contribution in [0, 0.1) is 0 Å². The number of nitrogens with zero attached hydrogens (tertiary/aromatic N) is 1. The van der Waals surface area contributed by atoms with E-state index in [1.54, 1.807) is 11.3 Å². The van der Waals surface area contributed by atoms with Crippen molar-refractivity contribution in [2.45, 2.75) is 47.1 Å². The average Bonchev–Trinajstić information content (AvgIpc) is 2.76. The summed E-state index contributed by atoms with van der Waals surface area (Å²) in [5, 5.41) is 5.82. The van der Waals surface area contributed by atoms with E-state index >= 15 is 0 Å². The van der Waals surface area contributed by atoms with E-state index in [9.17, 15) is 4.79 Å². The lowest BCUT2D eigenvalue weighted by Crippen LogP contribution is -2.21. The van der Waals surface area contributed by atoms with E-state index in [-0.39, 0.29) is 5.91 Å². The van der Waals surface area contributed by atoms with Crippen LogP contribution < -0.4 is 5.32 Å². The van der Waals surface area contributed by atoms with Crippen molar-refractivity contribution >= 4 is 17.2 Å². The minimum Gasteiger partial charge on any atom is -0.350 e. The molecule has 3 nitrogen and oxygen atoms in total. The van der Waals surface area contributed by atoms with E-state index in [2.05, 4.69) is 17.2 Å². The molecule has 1 N–H and O–H groups in total. The minimum absolute atomic E-state index is 0.0771. The van der Waals surface area contributed by atoms with Crippen LogP contribution in [0.5, 0.6) is 0 Å². The molecule has 0 spiro atoms. The Morgan fingerprint density at radius 1 is 1.47 bits per heavy atom. The molecule has 0 atom stereocenters. The SMILES string of the molecule is CC.CCC(=O)NCc1nc(CC)cs1. The van der Waals surface area contributed by atoms with Crippen LogP contribution in [0.2, 0.25) is 0 Å². The standard InChI is InChI=1S/C9H14N2OS.C2H6/c1-3-7-6-13-9(11-7)5-10-8(12)4-2;1-2/h6H,3-5H2,1-2H3,(H,10,12);1-2H3. The maximum atomic E-state index is 10.9. The summed E-state index contributed by atoms with van der Waals surface area (Å²) in [6.07, 6.45) is 1.49. The summed E-state index contributed by atoms with van der Waals surface area (Å²) < 4.78 is 0. The van der Waals surface area contributed by atoms with Crippen LogP contribution in [0.4, 0.5) is 0 Å². The van der Waals surface area contributed by atoms with Crippen LogP contribution in [-0.4, -0.2) is 10.9 Å². The number of carbonyl (C=O) groups is 1. The summed E-state index contributed by atoms with van der Waals surface area (Å²) in [7, 11) is 0. The maximum Gasteiger partial charge on any atom is 0.220 e. The monoisotopic (exact) mass is 228 g/mol. The van der Waals surface area contributed by atoms with Gasteiger partial charge in [0.25, 0.3) is 0 Å². The van der Waals surface area contributed by atoms with E-state index in [0.29, 0.717) is 13.0 Å². The van der Waals surface area contributed by atoms with E-state index in [0.717, 1.165) is 17.1 Å². The third-order valence-corrected chi connectivity index (χ3v) is 2.62. The van der Waals surface area contributed by atoms with Gasteiger partial charge in [-0.05, 0) is 6.42 Å². The van der Waals surface area contributed by atoms with Gasteiger partial charge < -0.3 is 5.32 Å². The van der Waals surface area contributed by atoms with Crippen molar-refractivity contribution in [3.05, 3.63) is 16.1 Å². The molecule has 1 rings (SSSR count). The number of carbonyl (C=O) groups excluding carboxylic acids is 1. The van der Waals surface area contributed by atoms with Crippen molar-refractivity contribution in [2.24, 2.45) is 0 Å².